The van der Waals surface area contributed by atoms with E-state index in [1.165, 1.54) is 19.4 Å². The largest absolute Gasteiger partial charge is 0.329 e. The zero-order valence-electron chi connectivity index (χ0n) is 25.5. The maximum Gasteiger partial charge on any atom is 0.254 e. The Balaban J connectivity index is 1.61. The molecule has 3 heterocycles. The second kappa shape index (κ2) is 8.43. The molecule has 6 rings (SSSR count). The summed E-state index contributed by atoms with van der Waals surface area (Å²) in [5.74, 6) is 5.04. The summed E-state index contributed by atoms with van der Waals surface area (Å²) in [6.45, 7) is -1.38. The lowest BCUT2D eigenvalue weighted by Gasteiger charge is -2.27. The molecule has 4 aromatic rings. The zero-order chi connectivity index (χ0) is 30.4. The van der Waals surface area contributed by atoms with E-state index in [2.05, 4.69) is 11.8 Å². The number of hydrogen-bond donors (Lipinski definition) is 0. The van der Waals surface area contributed by atoms with E-state index in [4.69, 9.17) is 11.8 Å². The SMILES string of the molecule is [2H]C([2H])([2H])C([2H])([2H])N1C(=O)c2cccc(C#CC)c2[C@H]2C[C@@H]1c1nc3ccc(-c4ccc(P(C)(C)=O)c(F)c4)cc3n12. The molecular weight excluding hydrogens is 484 g/mol. The van der Waals surface area contributed by atoms with E-state index in [9.17, 15) is 13.8 Å². The number of halogens is 1. The van der Waals surface area contributed by atoms with E-state index in [-0.39, 0.29) is 17.3 Å². The molecule has 2 atom stereocenters. The molecule has 7 heteroatoms. The standard InChI is InChI=1S/C30H27FN3O2P/c1-5-8-18-9-7-10-21-28(18)25-17-26(33(6-2)30(21)35)29-32-23-13-11-20(16-24(23)34(25)29)19-12-14-27(22(31)15-19)37(3,4)36/h7,9-16,25-26H,6,17H2,1-4H3/t25-,26-/m1/s1/i2D3,6D2. The van der Waals surface area contributed by atoms with Gasteiger partial charge in [0, 0.05) is 41.8 Å². The van der Waals surface area contributed by atoms with Gasteiger partial charge in [0.25, 0.3) is 5.91 Å². The van der Waals surface area contributed by atoms with Gasteiger partial charge in [0.1, 0.15) is 18.8 Å². The van der Waals surface area contributed by atoms with Gasteiger partial charge in [0.05, 0.1) is 23.1 Å². The molecule has 0 fully saturated rings. The van der Waals surface area contributed by atoms with Crippen LogP contribution in [0.5, 0.6) is 0 Å². The molecule has 0 radical (unpaired) electrons. The predicted molar refractivity (Wildman–Crippen MR) is 145 cm³/mol. The highest BCUT2D eigenvalue weighted by Gasteiger charge is 2.45. The topological polar surface area (TPSA) is 55.2 Å². The lowest BCUT2D eigenvalue weighted by Crippen LogP contribution is -2.34. The Kier molecular flexibility index (Phi) is 4.23. The van der Waals surface area contributed by atoms with Crippen LogP contribution in [0.4, 0.5) is 4.39 Å². The van der Waals surface area contributed by atoms with Crippen LogP contribution in [0.1, 0.15) is 66.4 Å². The first-order valence-corrected chi connectivity index (χ1v) is 14.5. The van der Waals surface area contributed by atoms with Crippen LogP contribution in [0.15, 0.2) is 54.6 Å². The molecule has 37 heavy (non-hydrogen) atoms. The Hall–Kier alpha value is -3.68. The van der Waals surface area contributed by atoms with Crippen molar-refractivity contribution in [1.82, 2.24) is 14.5 Å². The molecule has 5 nitrogen and oxygen atoms in total. The average Bonchev–Trinajstić information content (AvgIpc) is 3.40. The van der Waals surface area contributed by atoms with Gasteiger partial charge in [0.2, 0.25) is 0 Å². The Morgan fingerprint density at radius 1 is 1.16 bits per heavy atom. The van der Waals surface area contributed by atoms with Gasteiger partial charge in [-0.1, -0.05) is 24.1 Å². The highest BCUT2D eigenvalue weighted by molar-refractivity contribution is 7.70. The van der Waals surface area contributed by atoms with E-state index < -0.39 is 44.3 Å². The zero-order valence-corrected chi connectivity index (χ0v) is 21.4. The van der Waals surface area contributed by atoms with Crippen LogP contribution >= 0.6 is 7.14 Å². The summed E-state index contributed by atoms with van der Waals surface area (Å²) >= 11 is 0. The van der Waals surface area contributed by atoms with Crippen molar-refractivity contribution in [3.63, 3.8) is 0 Å². The number of carbonyl (C=O) groups excluding carboxylic acids is 1. The number of benzene rings is 3. The Labute approximate surface area is 222 Å². The summed E-state index contributed by atoms with van der Waals surface area (Å²) in [5, 5.41) is 0.178. The van der Waals surface area contributed by atoms with Crippen LogP contribution in [0.2, 0.25) is 0 Å². The highest BCUT2D eigenvalue weighted by Crippen LogP contribution is 2.49. The van der Waals surface area contributed by atoms with Crippen molar-refractivity contribution >= 4 is 29.4 Å². The molecule has 0 spiro atoms. The van der Waals surface area contributed by atoms with Crippen molar-refractivity contribution in [2.24, 2.45) is 0 Å². The monoisotopic (exact) mass is 516 g/mol. The number of carbonyl (C=O) groups is 1. The number of rotatable bonds is 3. The maximum absolute atomic E-state index is 15.0. The van der Waals surface area contributed by atoms with Crippen molar-refractivity contribution in [1.29, 1.82) is 0 Å². The van der Waals surface area contributed by atoms with Crippen molar-refractivity contribution in [2.75, 3.05) is 19.8 Å². The quantitative estimate of drug-likeness (QED) is 0.249. The van der Waals surface area contributed by atoms with Crippen LogP contribution < -0.4 is 5.30 Å². The summed E-state index contributed by atoms with van der Waals surface area (Å²) in [7, 11) is -2.81. The minimum atomic E-state index is -3.12. The number of hydrogen-bond acceptors (Lipinski definition) is 3. The van der Waals surface area contributed by atoms with Crippen LogP contribution in [-0.2, 0) is 4.57 Å². The van der Waals surface area contributed by atoms with Crippen LogP contribution in [0.3, 0.4) is 0 Å². The maximum atomic E-state index is 15.0. The lowest BCUT2D eigenvalue weighted by molar-refractivity contribution is 0.0692. The molecule has 2 aliphatic heterocycles. The first kappa shape index (κ1) is 18.5. The van der Waals surface area contributed by atoms with E-state index >= 15 is 0 Å². The van der Waals surface area contributed by atoms with E-state index in [1.807, 2.05) is 10.6 Å². The fraction of sp³-hybridized carbons (Fsp3) is 0.267. The summed E-state index contributed by atoms with van der Waals surface area (Å²) < 4.78 is 70.5. The summed E-state index contributed by atoms with van der Waals surface area (Å²) in [6, 6.07) is 13.6. The number of nitrogens with zero attached hydrogens (tertiary/aromatic N) is 3. The minimum Gasteiger partial charge on any atom is -0.329 e. The third kappa shape index (κ3) is 3.56. The fourth-order valence-electron chi connectivity index (χ4n) is 5.62. The molecule has 1 aromatic heterocycles. The molecule has 0 saturated heterocycles. The minimum absolute atomic E-state index is 0.178. The van der Waals surface area contributed by atoms with Crippen molar-refractivity contribution in [2.45, 2.75) is 32.3 Å². The second-order valence-corrected chi connectivity index (χ2v) is 12.9. The molecule has 0 N–H and O–H groups in total. The Morgan fingerprint density at radius 3 is 2.68 bits per heavy atom. The first-order chi connectivity index (χ1) is 19.6. The first-order valence-electron chi connectivity index (χ1n) is 14.4. The number of imidazole rings is 1. The van der Waals surface area contributed by atoms with Gasteiger partial charge < -0.3 is 14.0 Å². The van der Waals surface area contributed by atoms with Gasteiger partial charge in [-0.15, -0.1) is 5.92 Å². The van der Waals surface area contributed by atoms with Crippen molar-refractivity contribution in [3.8, 4) is 23.0 Å². The molecule has 0 unspecified atom stereocenters. The van der Waals surface area contributed by atoms with Gasteiger partial charge >= 0.3 is 0 Å². The summed E-state index contributed by atoms with van der Waals surface area (Å²) in [6.07, 6.45) is 0.213. The highest BCUT2D eigenvalue weighted by atomic mass is 31.2. The molecule has 0 saturated carbocycles. The second-order valence-electron chi connectivity index (χ2n) is 9.76. The molecule has 0 aliphatic carbocycles. The lowest BCUT2D eigenvalue weighted by atomic mass is 9.93. The van der Waals surface area contributed by atoms with Crippen LogP contribution in [0, 0.1) is 17.7 Å². The fourth-order valence-corrected chi connectivity index (χ4v) is 6.63. The number of aromatic nitrogens is 2. The van der Waals surface area contributed by atoms with Gasteiger partial charge in [-0.3, -0.25) is 4.79 Å². The normalized spacial score (nSPS) is 21.0. The molecule has 1 amide bonds. The summed E-state index contributed by atoms with van der Waals surface area (Å²) in [5.41, 5.74) is 3.88. The Morgan fingerprint density at radius 2 is 1.95 bits per heavy atom. The van der Waals surface area contributed by atoms with Gasteiger partial charge in [-0.05, 0) is 74.6 Å². The molecule has 3 aromatic carbocycles. The molecule has 2 aliphatic rings. The predicted octanol–water partition coefficient (Wildman–Crippen LogP) is 5.97. The van der Waals surface area contributed by atoms with Gasteiger partial charge in [0.15, 0.2) is 0 Å². The van der Waals surface area contributed by atoms with E-state index in [0.29, 0.717) is 39.1 Å². The molecule has 2 bridgehead atoms. The van der Waals surface area contributed by atoms with E-state index in [0.717, 1.165) is 4.90 Å². The third-order valence-electron chi connectivity index (χ3n) is 7.21. The van der Waals surface area contributed by atoms with Gasteiger partial charge in [-0.25, -0.2) is 9.37 Å². The van der Waals surface area contributed by atoms with Crippen molar-refractivity contribution in [3.05, 3.63) is 82.9 Å². The third-order valence-corrected chi connectivity index (χ3v) is 8.74. The van der Waals surface area contributed by atoms with Crippen molar-refractivity contribution < 1.29 is 20.6 Å². The Bertz CT molecular complexity index is 1920. The smallest absolute Gasteiger partial charge is 0.254 e. The van der Waals surface area contributed by atoms with Gasteiger partial charge in [-0.2, -0.15) is 0 Å². The average molecular weight is 517 g/mol. The van der Waals surface area contributed by atoms with E-state index in [1.54, 1.807) is 49.4 Å². The molecular formula is C30H27FN3O2P. The summed E-state index contributed by atoms with van der Waals surface area (Å²) in [4.78, 5) is 19.6. The van der Waals surface area contributed by atoms with Crippen LogP contribution in [-0.4, -0.2) is 40.2 Å². The number of amides is 1. The molecule has 186 valence electrons. The van der Waals surface area contributed by atoms with Crippen LogP contribution in [0.25, 0.3) is 22.2 Å². The number of fused-ring (bicyclic) bond motifs is 9.